The Bertz CT molecular complexity index is 314. The topological polar surface area (TPSA) is 44.4 Å². The van der Waals surface area contributed by atoms with Gasteiger partial charge in [0.2, 0.25) is 5.91 Å². The summed E-state index contributed by atoms with van der Waals surface area (Å²) in [6.07, 6.45) is 0.620. The van der Waals surface area contributed by atoms with E-state index in [-0.39, 0.29) is 17.5 Å². The van der Waals surface area contributed by atoms with E-state index in [1.54, 1.807) is 0 Å². The molecule has 104 valence electrons. The van der Waals surface area contributed by atoms with E-state index in [1.165, 1.54) is 0 Å². The Balaban J connectivity index is 1.85. The highest BCUT2D eigenvalue weighted by molar-refractivity contribution is 5.76. The maximum atomic E-state index is 11.7. The number of rotatable bonds is 4. The minimum Gasteiger partial charge on any atom is -0.354 e. The molecule has 0 bridgehead atoms. The van der Waals surface area contributed by atoms with Crippen LogP contribution >= 0.6 is 0 Å². The number of nitrogens with one attached hydrogen (secondary N) is 2. The first-order valence-corrected chi connectivity index (χ1v) is 7.16. The van der Waals surface area contributed by atoms with E-state index in [4.69, 9.17) is 0 Å². The Morgan fingerprint density at radius 1 is 1.44 bits per heavy atom. The second-order valence-electron chi connectivity index (χ2n) is 6.60. The van der Waals surface area contributed by atoms with E-state index >= 15 is 0 Å². The van der Waals surface area contributed by atoms with Gasteiger partial charge in [-0.15, -0.1) is 0 Å². The first kappa shape index (κ1) is 13.8. The van der Waals surface area contributed by atoms with Crippen LogP contribution in [0.5, 0.6) is 0 Å². The number of amides is 1. The van der Waals surface area contributed by atoms with Crippen LogP contribution in [0.4, 0.5) is 0 Å². The number of hydrogen-bond donors (Lipinski definition) is 2. The predicted molar refractivity (Wildman–Crippen MR) is 73.4 cm³/mol. The molecule has 2 unspecified atom stereocenters. The summed E-state index contributed by atoms with van der Waals surface area (Å²) in [5.41, 5.74) is 0.228. The zero-order valence-electron chi connectivity index (χ0n) is 12.1. The minimum absolute atomic E-state index is 0.177. The van der Waals surface area contributed by atoms with Crippen molar-refractivity contribution in [2.75, 3.05) is 26.2 Å². The number of nitrogens with zero attached hydrogens (tertiary/aromatic N) is 1. The van der Waals surface area contributed by atoms with Gasteiger partial charge in [0.1, 0.15) is 0 Å². The zero-order valence-corrected chi connectivity index (χ0v) is 12.1. The van der Waals surface area contributed by atoms with Crippen LogP contribution in [-0.2, 0) is 4.79 Å². The fourth-order valence-corrected chi connectivity index (χ4v) is 3.51. The van der Waals surface area contributed by atoms with Crippen LogP contribution in [-0.4, -0.2) is 48.6 Å². The highest BCUT2D eigenvalue weighted by Crippen LogP contribution is 2.40. The molecule has 2 heterocycles. The molecule has 0 saturated carbocycles. The molecule has 2 aliphatic rings. The normalized spacial score (nSPS) is 30.7. The lowest BCUT2D eigenvalue weighted by molar-refractivity contribution is -0.122. The number of carbonyl (C=O) groups is 1. The van der Waals surface area contributed by atoms with Gasteiger partial charge < -0.3 is 10.6 Å². The third-order valence-corrected chi connectivity index (χ3v) is 4.58. The maximum Gasteiger partial charge on any atom is 0.221 e. The van der Waals surface area contributed by atoms with Gasteiger partial charge in [-0.05, 0) is 46.1 Å². The van der Waals surface area contributed by atoms with Gasteiger partial charge in [-0.3, -0.25) is 9.69 Å². The molecule has 0 aliphatic carbocycles. The average molecular weight is 253 g/mol. The van der Waals surface area contributed by atoms with E-state index in [9.17, 15) is 4.79 Å². The summed E-state index contributed by atoms with van der Waals surface area (Å²) in [6, 6.07) is 0.243. The lowest BCUT2D eigenvalue weighted by Crippen LogP contribution is -2.46. The molecular formula is C14H27N3O. The minimum atomic E-state index is 0.177. The molecule has 2 N–H and O–H groups in total. The molecule has 0 aromatic heterocycles. The van der Waals surface area contributed by atoms with Crippen molar-refractivity contribution in [3.63, 3.8) is 0 Å². The second-order valence-corrected chi connectivity index (χ2v) is 6.60. The first-order chi connectivity index (χ1) is 8.41. The Kier molecular flexibility index (Phi) is 3.97. The fraction of sp³-hybridized carbons (Fsp3) is 0.929. The molecule has 2 aliphatic heterocycles. The Morgan fingerprint density at radius 3 is 2.78 bits per heavy atom. The number of fused-ring (bicyclic) bond motifs is 1. The molecule has 0 spiro atoms. The van der Waals surface area contributed by atoms with Crippen molar-refractivity contribution in [1.29, 1.82) is 0 Å². The summed E-state index contributed by atoms with van der Waals surface area (Å²) in [4.78, 5) is 14.2. The quantitative estimate of drug-likeness (QED) is 0.780. The molecule has 2 fully saturated rings. The SMILES string of the molecule is CC(C)NC(=O)CCN1CC2CNCC2C1(C)C. The molecule has 2 rings (SSSR count). The highest BCUT2D eigenvalue weighted by atomic mass is 16.1. The van der Waals surface area contributed by atoms with E-state index in [0.717, 1.165) is 38.0 Å². The Hall–Kier alpha value is -0.610. The van der Waals surface area contributed by atoms with Gasteiger partial charge in [0, 0.05) is 37.6 Å². The van der Waals surface area contributed by atoms with Crippen molar-refractivity contribution in [2.45, 2.75) is 45.7 Å². The molecule has 1 amide bonds. The predicted octanol–water partition coefficient (Wildman–Crippen LogP) is 0.831. The van der Waals surface area contributed by atoms with Crippen LogP contribution in [0, 0.1) is 11.8 Å². The molecule has 0 aromatic rings. The molecule has 0 radical (unpaired) electrons. The van der Waals surface area contributed by atoms with Crippen LogP contribution in [0.15, 0.2) is 0 Å². The Morgan fingerprint density at radius 2 is 2.17 bits per heavy atom. The highest BCUT2D eigenvalue weighted by Gasteiger charge is 2.49. The zero-order chi connectivity index (χ0) is 13.3. The average Bonchev–Trinajstić information content (AvgIpc) is 2.78. The smallest absolute Gasteiger partial charge is 0.221 e. The van der Waals surface area contributed by atoms with Crippen LogP contribution in [0.3, 0.4) is 0 Å². The molecule has 18 heavy (non-hydrogen) atoms. The lowest BCUT2D eigenvalue weighted by atomic mass is 9.85. The monoisotopic (exact) mass is 253 g/mol. The lowest BCUT2D eigenvalue weighted by Gasteiger charge is -2.35. The van der Waals surface area contributed by atoms with Gasteiger partial charge in [-0.25, -0.2) is 0 Å². The van der Waals surface area contributed by atoms with Gasteiger partial charge in [0.15, 0.2) is 0 Å². The van der Waals surface area contributed by atoms with Crippen molar-refractivity contribution < 1.29 is 4.79 Å². The van der Waals surface area contributed by atoms with Crippen LogP contribution in [0.2, 0.25) is 0 Å². The molecular weight excluding hydrogens is 226 g/mol. The summed E-state index contributed by atoms with van der Waals surface area (Å²) in [5.74, 6) is 1.69. The first-order valence-electron chi connectivity index (χ1n) is 7.16. The molecule has 4 heteroatoms. The van der Waals surface area contributed by atoms with Crippen molar-refractivity contribution in [1.82, 2.24) is 15.5 Å². The maximum absolute atomic E-state index is 11.7. The molecule has 2 saturated heterocycles. The van der Waals surface area contributed by atoms with Gasteiger partial charge in [-0.2, -0.15) is 0 Å². The van der Waals surface area contributed by atoms with Crippen LogP contribution < -0.4 is 10.6 Å². The van der Waals surface area contributed by atoms with Crippen molar-refractivity contribution >= 4 is 5.91 Å². The summed E-state index contributed by atoms with van der Waals surface area (Å²) in [7, 11) is 0. The second kappa shape index (κ2) is 5.17. The van der Waals surface area contributed by atoms with Crippen LogP contribution in [0.25, 0.3) is 0 Å². The van der Waals surface area contributed by atoms with Gasteiger partial charge in [0.05, 0.1) is 0 Å². The summed E-state index contributed by atoms with van der Waals surface area (Å²) >= 11 is 0. The third kappa shape index (κ3) is 2.69. The van der Waals surface area contributed by atoms with E-state index in [0.29, 0.717) is 6.42 Å². The third-order valence-electron chi connectivity index (χ3n) is 4.58. The fourth-order valence-electron chi connectivity index (χ4n) is 3.51. The van der Waals surface area contributed by atoms with Gasteiger partial charge in [-0.1, -0.05) is 0 Å². The summed E-state index contributed by atoms with van der Waals surface area (Å²) < 4.78 is 0. The van der Waals surface area contributed by atoms with Crippen molar-refractivity contribution in [2.24, 2.45) is 11.8 Å². The standard InChI is InChI=1S/C14H27N3O/c1-10(2)16-13(18)5-6-17-9-11-7-15-8-12(11)14(17,3)4/h10-12,15H,5-9H2,1-4H3,(H,16,18). The van der Waals surface area contributed by atoms with E-state index < -0.39 is 0 Å². The summed E-state index contributed by atoms with van der Waals surface area (Å²) in [5, 5.41) is 6.45. The number of likely N-dealkylation sites (tertiary alicyclic amines) is 1. The van der Waals surface area contributed by atoms with E-state index in [2.05, 4.69) is 29.4 Å². The van der Waals surface area contributed by atoms with Crippen molar-refractivity contribution in [3.05, 3.63) is 0 Å². The summed E-state index contributed by atoms with van der Waals surface area (Å²) in [6.45, 7) is 13.0. The number of hydrogen-bond acceptors (Lipinski definition) is 3. The van der Waals surface area contributed by atoms with E-state index in [1.807, 2.05) is 13.8 Å². The van der Waals surface area contributed by atoms with Crippen LogP contribution in [0.1, 0.15) is 34.1 Å². The number of carbonyl (C=O) groups excluding carboxylic acids is 1. The molecule has 2 atom stereocenters. The van der Waals surface area contributed by atoms with Crippen molar-refractivity contribution in [3.8, 4) is 0 Å². The largest absolute Gasteiger partial charge is 0.354 e. The Labute approximate surface area is 110 Å². The molecule has 0 aromatic carbocycles. The van der Waals surface area contributed by atoms with Gasteiger partial charge >= 0.3 is 0 Å². The van der Waals surface area contributed by atoms with Gasteiger partial charge in [0.25, 0.3) is 0 Å². The molecule has 4 nitrogen and oxygen atoms in total.